The summed E-state index contributed by atoms with van der Waals surface area (Å²) in [5.74, 6) is -2.70. The fourth-order valence-corrected chi connectivity index (χ4v) is 5.75. The number of halogens is 5. The average Bonchev–Trinajstić information content (AvgIpc) is 3.28. The number of benzene rings is 1. The molecule has 0 aliphatic carbocycles. The summed E-state index contributed by atoms with van der Waals surface area (Å²) < 4.78 is 40.0. The zero-order chi connectivity index (χ0) is 29.5. The van der Waals surface area contributed by atoms with Gasteiger partial charge in [0.2, 0.25) is 5.91 Å². The fourth-order valence-electron chi connectivity index (χ4n) is 5.18. The molecule has 0 radical (unpaired) electrons. The van der Waals surface area contributed by atoms with Gasteiger partial charge in [0.25, 0.3) is 0 Å². The number of carbonyl (C=O) groups is 2. The van der Waals surface area contributed by atoms with E-state index in [2.05, 4.69) is 14.9 Å². The molecule has 9 nitrogen and oxygen atoms in total. The molecule has 2 aliphatic heterocycles. The Balaban J connectivity index is 1.34. The van der Waals surface area contributed by atoms with Crippen LogP contribution in [0.4, 0.5) is 13.2 Å². The zero-order valence-corrected chi connectivity index (χ0v) is 23.8. The summed E-state index contributed by atoms with van der Waals surface area (Å²) in [6.07, 6.45) is 0.337. The molecule has 1 saturated heterocycles. The van der Waals surface area contributed by atoms with Crippen LogP contribution in [0.15, 0.2) is 30.5 Å². The molecule has 2 atom stereocenters. The smallest absolute Gasteiger partial charge is 0.360 e. The number of aryl methyl sites for hydroxylation is 1. The predicted octanol–water partition coefficient (Wildman–Crippen LogP) is 5.54. The maximum atomic E-state index is 13.2. The van der Waals surface area contributed by atoms with Crippen molar-refractivity contribution >= 4 is 51.8 Å². The highest BCUT2D eigenvalue weighted by molar-refractivity contribution is 6.35. The number of piperidine rings is 1. The van der Waals surface area contributed by atoms with Crippen LogP contribution in [-0.4, -0.2) is 73.4 Å². The van der Waals surface area contributed by atoms with Crippen LogP contribution in [0.2, 0.25) is 10.0 Å². The molecule has 0 spiro atoms. The van der Waals surface area contributed by atoms with Gasteiger partial charge in [0.05, 0.1) is 23.6 Å². The van der Waals surface area contributed by atoms with Gasteiger partial charge in [-0.1, -0.05) is 35.3 Å². The molecule has 1 amide bonds. The summed E-state index contributed by atoms with van der Waals surface area (Å²) in [6, 6.07) is 4.08. The van der Waals surface area contributed by atoms with E-state index in [1.54, 1.807) is 27.9 Å². The van der Waals surface area contributed by atoms with Gasteiger partial charge in [-0.05, 0) is 62.8 Å². The Morgan fingerprint density at radius 3 is 2.63 bits per heavy atom. The highest BCUT2D eigenvalue weighted by atomic mass is 35.5. The number of hydroxylamine groups is 2. The molecule has 0 saturated carbocycles. The van der Waals surface area contributed by atoms with Crippen molar-refractivity contribution in [1.82, 2.24) is 29.7 Å². The molecular weight excluding hydrogens is 584 g/mol. The van der Waals surface area contributed by atoms with E-state index in [4.69, 9.17) is 28.2 Å². The number of hydrogen-bond donors (Lipinski definition) is 0. The summed E-state index contributed by atoms with van der Waals surface area (Å²) in [6.45, 7) is 4.44. The Morgan fingerprint density at radius 2 is 1.95 bits per heavy atom. The van der Waals surface area contributed by atoms with Gasteiger partial charge in [-0.15, -0.1) is 5.06 Å². The van der Waals surface area contributed by atoms with E-state index in [9.17, 15) is 22.8 Å². The summed E-state index contributed by atoms with van der Waals surface area (Å²) in [4.78, 5) is 40.2. The second-order valence-corrected chi connectivity index (χ2v) is 10.9. The van der Waals surface area contributed by atoms with Gasteiger partial charge in [0, 0.05) is 29.7 Å². The largest absolute Gasteiger partial charge is 0.492 e. The number of hydrogen-bond acceptors (Lipinski definition) is 7. The third kappa shape index (κ3) is 6.05. The van der Waals surface area contributed by atoms with Gasteiger partial charge in [-0.2, -0.15) is 18.3 Å². The summed E-state index contributed by atoms with van der Waals surface area (Å²) in [5.41, 5.74) is 4.31. The molecule has 41 heavy (non-hydrogen) atoms. The van der Waals surface area contributed by atoms with Gasteiger partial charge >= 0.3 is 12.1 Å². The molecule has 218 valence electrons. The van der Waals surface area contributed by atoms with Crippen molar-refractivity contribution in [2.45, 2.75) is 57.8 Å². The second kappa shape index (κ2) is 11.6. The molecule has 1 fully saturated rings. The Morgan fingerprint density at radius 1 is 1.17 bits per heavy atom. The average molecular weight is 611 g/mol. The van der Waals surface area contributed by atoms with E-state index in [0.29, 0.717) is 64.8 Å². The maximum Gasteiger partial charge on any atom is 0.492 e. The topological polar surface area (TPSA) is 93.5 Å². The lowest BCUT2D eigenvalue weighted by molar-refractivity contribution is -0.249. The molecule has 2 unspecified atom stereocenters. The number of nitrogens with zero attached hydrogens (tertiary/aromatic N) is 6. The van der Waals surface area contributed by atoms with Crippen LogP contribution in [0.5, 0.6) is 0 Å². The van der Waals surface area contributed by atoms with E-state index in [1.165, 1.54) is 0 Å². The highest BCUT2D eigenvalue weighted by Gasteiger charge is 2.45. The van der Waals surface area contributed by atoms with E-state index in [0.717, 1.165) is 16.2 Å². The van der Waals surface area contributed by atoms with Crippen molar-refractivity contribution in [2.24, 2.45) is 0 Å². The molecular formula is C27H27Cl2F3N6O3. The van der Waals surface area contributed by atoms with Crippen LogP contribution < -0.4 is 0 Å². The van der Waals surface area contributed by atoms with Crippen LogP contribution in [0, 0.1) is 6.92 Å². The van der Waals surface area contributed by atoms with Gasteiger partial charge in [-0.3, -0.25) is 4.79 Å². The van der Waals surface area contributed by atoms with Gasteiger partial charge in [0.15, 0.2) is 5.65 Å². The van der Waals surface area contributed by atoms with E-state index >= 15 is 0 Å². The lowest BCUT2D eigenvalue weighted by atomic mass is 10.0. The highest BCUT2D eigenvalue weighted by Crippen LogP contribution is 2.32. The van der Waals surface area contributed by atoms with Crippen molar-refractivity contribution in [3.8, 4) is 0 Å². The Hall–Kier alpha value is -3.22. The van der Waals surface area contributed by atoms with E-state index in [-0.39, 0.29) is 25.0 Å². The van der Waals surface area contributed by atoms with E-state index < -0.39 is 18.2 Å². The first-order chi connectivity index (χ1) is 19.4. The van der Waals surface area contributed by atoms with Gasteiger partial charge < -0.3 is 9.74 Å². The summed E-state index contributed by atoms with van der Waals surface area (Å²) in [7, 11) is 0. The molecule has 3 aromatic rings. The standard InChI is InChI=1S/C27H27Cl2F3N6O3/c1-15-23-24(38(35-15)16(2)19-7-6-18(28)13-20(19)29)34-21(14-33-23)17-8-11-36(12-9-17)25(39)22-5-3-4-10-37(22)41-26(40)27(30,31)32/h6-8,13-14,16,22H,3-5,9-12H2,1-2H3. The molecule has 0 bridgehead atoms. The van der Waals surface area contributed by atoms with Crippen LogP contribution in [-0.2, 0) is 14.4 Å². The quantitative estimate of drug-likeness (QED) is 0.374. The lowest BCUT2D eigenvalue weighted by Gasteiger charge is -2.37. The van der Waals surface area contributed by atoms with Crippen LogP contribution in [0.1, 0.15) is 55.6 Å². The van der Waals surface area contributed by atoms with Crippen LogP contribution in [0.3, 0.4) is 0 Å². The monoisotopic (exact) mass is 610 g/mol. The normalized spacial score (nSPS) is 19.2. The number of amides is 1. The Kier molecular flexibility index (Phi) is 8.27. The molecule has 2 aliphatic rings. The number of aromatic nitrogens is 4. The third-order valence-corrected chi connectivity index (χ3v) is 7.93. The van der Waals surface area contributed by atoms with Crippen molar-refractivity contribution in [2.75, 3.05) is 19.6 Å². The molecule has 1 aromatic carbocycles. The van der Waals surface area contributed by atoms with Crippen molar-refractivity contribution in [1.29, 1.82) is 0 Å². The molecule has 14 heteroatoms. The minimum Gasteiger partial charge on any atom is -0.360 e. The Bertz CT molecular complexity index is 1530. The molecule has 2 aromatic heterocycles. The van der Waals surface area contributed by atoms with Gasteiger partial charge in [0.1, 0.15) is 11.6 Å². The van der Waals surface area contributed by atoms with Crippen LogP contribution in [0.25, 0.3) is 16.7 Å². The number of carbonyl (C=O) groups excluding carboxylic acids is 2. The molecule has 0 N–H and O–H groups in total. The first kappa shape index (κ1) is 29.3. The summed E-state index contributed by atoms with van der Waals surface area (Å²) >= 11 is 12.5. The van der Waals surface area contributed by atoms with Crippen molar-refractivity contribution in [3.05, 3.63) is 57.5 Å². The number of rotatable bonds is 5. The Labute approximate surface area is 243 Å². The summed E-state index contributed by atoms with van der Waals surface area (Å²) in [5, 5.41) is 6.58. The van der Waals surface area contributed by atoms with Crippen molar-refractivity contribution < 1.29 is 27.6 Å². The lowest BCUT2D eigenvalue weighted by Crippen LogP contribution is -2.53. The first-order valence-corrected chi connectivity index (χ1v) is 13.9. The minimum absolute atomic E-state index is 0.0650. The number of alkyl halides is 3. The fraction of sp³-hybridized carbons (Fsp3) is 0.444. The first-order valence-electron chi connectivity index (χ1n) is 13.1. The maximum absolute atomic E-state index is 13.2. The SMILES string of the molecule is Cc1nn(C(C)c2ccc(Cl)cc2Cl)c2nc(C3=CCN(C(=O)C4CCCCN4OC(=O)C(F)(F)F)CC3)cnc12. The number of fused-ring (bicyclic) bond motifs is 1. The minimum atomic E-state index is -5.14. The van der Waals surface area contributed by atoms with Crippen molar-refractivity contribution in [3.63, 3.8) is 0 Å². The molecule has 5 rings (SSSR count). The van der Waals surface area contributed by atoms with E-state index in [1.807, 2.05) is 26.0 Å². The third-order valence-electron chi connectivity index (χ3n) is 7.37. The zero-order valence-electron chi connectivity index (χ0n) is 22.3. The second-order valence-electron chi connectivity index (χ2n) is 10.1. The van der Waals surface area contributed by atoms with Crippen LogP contribution >= 0.6 is 23.2 Å². The predicted molar refractivity (Wildman–Crippen MR) is 146 cm³/mol. The molecule has 4 heterocycles. The van der Waals surface area contributed by atoms with Gasteiger partial charge in [-0.25, -0.2) is 19.4 Å².